The minimum Gasteiger partial charge on any atom is -0.480 e. The van der Waals surface area contributed by atoms with Gasteiger partial charge in [0.05, 0.1) is 0 Å². The lowest BCUT2D eigenvalue weighted by Crippen LogP contribution is -2.39. The van der Waals surface area contributed by atoms with Crippen molar-refractivity contribution in [1.29, 1.82) is 0 Å². The first kappa shape index (κ1) is 11.5. The number of benzene rings is 1. The number of anilines is 1. The minimum atomic E-state index is -1.11. The van der Waals surface area contributed by atoms with Gasteiger partial charge >= 0.3 is 5.97 Å². The van der Waals surface area contributed by atoms with Crippen LogP contribution in [0.4, 0.5) is 10.1 Å². The summed E-state index contributed by atoms with van der Waals surface area (Å²) < 4.78 is 13.0. The van der Waals surface area contributed by atoms with Gasteiger partial charge in [-0.25, -0.2) is 9.18 Å². The number of nitrogens with one attached hydrogen (secondary N) is 1. The standard InChI is InChI=1S/C11H14FNO2/c1-7-4-8(12)6-9(5-7)13-11(2,3)10(14)15/h4-6,13H,1-3H3,(H,14,15). The number of carboxylic acids is 1. The van der Waals surface area contributed by atoms with Crippen molar-refractivity contribution in [3.05, 3.63) is 29.6 Å². The molecule has 4 heteroatoms. The first-order valence-electron chi connectivity index (χ1n) is 4.60. The molecule has 0 radical (unpaired) electrons. The van der Waals surface area contributed by atoms with Gasteiger partial charge in [-0.3, -0.25) is 0 Å². The van der Waals surface area contributed by atoms with Crippen molar-refractivity contribution < 1.29 is 14.3 Å². The van der Waals surface area contributed by atoms with Gasteiger partial charge in [-0.05, 0) is 44.5 Å². The zero-order valence-corrected chi connectivity index (χ0v) is 8.97. The molecule has 0 amide bonds. The van der Waals surface area contributed by atoms with Crippen molar-refractivity contribution in [2.24, 2.45) is 0 Å². The highest BCUT2D eigenvalue weighted by Crippen LogP contribution is 2.18. The van der Waals surface area contributed by atoms with Crippen LogP contribution in [0.3, 0.4) is 0 Å². The lowest BCUT2D eigenvalue weighted by molar-refractivity contribution is -0.141. The summed E-state index contributed by atoms with van der Waals surface area (Å²) in [6, 6.07) is 4.37. The SMILES string of the molecule is Cc1cc(F)cc(NC(C)(C)C(=O)O)c1. The molecule has 0 aromatic heterocycles. The number of halogens is 1. The van der Waals surface area contributed by atoms with Gasteiger partial charge in [-0.1, -0.05) is 0 Å². The summed E-state index contributed by atoms with van der Waals surface area (Å²) in [6.07, 6.45) is 0. The number of aliphatic carboxylic acids is 1. The fraction of sp³-hybridized carbons (Fsp3) is 0.364. The first-order valence-corrected chi connectivity index (χ1v) is 4.60. The smallest absolute Gasteiger partial charge is 0.328 e. The third-order valence-corrected chi connectivity index (χ3v) is 2.03. The molecule has 0 atom stereocenters. The highest BCUT2D eigenvalue weighted by atomic mass is 19.1. The van der Waals surface area contributed by atoms with Crippen molar-refractivity contribution in [1.82, 2.24) is 0 Å². The van der Waals surface area contributed by atoms with E-state index in [1.807, 2.05) is 0 Å². The van der Waals surface area contributed by atoms with Crippen LogP contribution >= 0.6 is 0 Å². The third kappa shape index (κ3) is 2.94. The summed E-state index contributed by atoms with van der Waals surface area (Å²) in [7, 11) is 0. The van der Waals surface area contributed by atoms with Crippen LogP contribution in [-0.4, -0.2) is 16.6 Å². The molecule has 0 fully saturated rings. The molecular formula is C11H14FNO2. The van der Waals surface area contributed by atoms with E-state index < -0.39 is 11.5 Å². The Morgan fingerprint density at radius 2 is 2.00 bits per heavy atom. The van der Waals surface area contributed by atoms with Gasteiger partial charge in [0.15, 0.2) is 0 Å². The maximum Gasteiger partial charge on any atom is 0.328 e. The number of hydrogen-bond acceptors (Lipinski definition) is 2. The largest absolute Gasteiger partial charge is 0.480 e. The molecular weight excluding hydrogens is 197 g/mol. The van der Waals surface area contributed by atoms with Crippen molar-refractivity contribution in [2.75, 3.05) is 5.32 Å². The summed E-state index contributed by atoms with van der Waals surface area (Å²) in [4.78, 5) is 10.8. The quantitative estimate of drug-likeness (QED) is 0.807. The van der Waals surface area contributed by atoms with Crippen LogP contribution in [0.5, 0.6) is 0 Å². The van der Waals surface area contributed by atoms with E-state index in [4.69, 9.17) is 5.11 Å². The normalized spacial score (nSPS) is 11.2. The van der Waals surface area contributed by atoms with Gasteiger partial charge in [-0.15, -0.1) is 0 Å². The average Bonchev–Trinajstić information content (AvgIpc) is 1.99. The number of aryl methyl sites for hydroxylation is 1. The fourth-order valence-corrected chi connectivity index (χ4v) is 1.22. The lowest BCUT2D eigenvalue weighted by atomic mass is 10.1. The molecule has 0 aliphatic heterocycles. The van der Waals surface area contributed by atoms with Crippen LogP contribution in [0.1, 0.15) is 19.4 Å². The van der Waals surface area contributed by atoms with E-state index in [0.717, 1.165) is 5.56 Å². The van der Waals surface area contributed by atoms with Crippen molar-refractivity contribution in [3.63, 3.8) is 0 Å². The first-order chi connectivity index (χ1) is 6.81. The van der Waals surface area contributed by atoms with Crippen molar-refractivity contribution >= 4 is 11.7 Å². The van der Waals surface area contributed by atoms with Crippen LogP contribution in [0.15, 0.2) is 18.2 Å². The monoisotopic (exact) mass is 211 g/mol. The summed E-state index contributed by atoms with van der Waals surface area (Å²) in [6.45, 7) is 4.80. The zero-order chi connectivity index (χ0) is 11.6. The predicted octanol–water partition coefficient (Wildman–Crippen LogP) is 2.41. The topological polar surface area (TPSA) is 49.3 Å². The van der Waals surface area contributed by atoms with Gasteiger partial charge in [0.1, 0.15) is 11.4 Å². The molecule has 1 aromatic rings. The summed E-state index contributed by atoms with van der Waals surface area (Å²) in [5.41, 5.74) is 0.110. The molecule has 1 rings (SSSR count). The van der Waals surface area contributed by atoms with Crippen molar-refractivity contribution in [2.45, 2.75) is 26.3 Å². The van der Waals surface area contributed by atoms with E-state index in [1.54, 1.807) is 13.0 Å². The Labute approximate surface area is 87.9 Å². The second-order valence-electron chi connectivity index (χ2n) is 4.07. The molecule has 0 saturated heterocycles. The molecule has 15 heavy (non-hydrogen) atoms. The molecule has 3 nitrogen and oxygen atoms in total. The third-order valence-electron chi connectivity index (χ3n) is 2.03. The Bertz CT molecular complexity index is 368. The van der Waals surface area contributed by atoms with Gasteiger partial charge in [0.25, 0.3) is 0 Å². The fourth-order valence-electron chi connectivity index (χ4n) is 1.22. The second-order valence-corrected chi connectivity index (χ2v) is 4.07. The average molecular weight is 211 g/mol. The highest BCUT2D eigenvalue weighted by Gasteiger charge is 2.26. The maximum absolute atomic E-state index is 13.0. The van der Waals surface area contributed by atoms with Gasteiger partial charge in [-0.2, -0.15) is 0 Å². The molecule has 0 aliphatic rings. The van der Waals surface area contributed by atoms with Gasteiger partial charge < -0.3 is 10.4 Å². The van der Waals surface area contributed by atoms with E-state index >= 15 is 0 Å². The number of rotatable bonds is 3. The van der Waals surface area contributed by atoms with E-state index in [9.17, 15) is 9.18 Å². The van der Waals surface area contributed by atoms with Crippen LogP contribution < -0.4 is 5.32 Å². The molecule has 82 valence electrons. The highest BCUT2D eigenvalue weighted by molar-refractivity contribution is 5.81. The molecule has 0 unspecified atom stereocenters. The number of carbonyl (C=O) groups is 1. The molecule has 0 saturated carbocycles. The Morgan fingerprint density at radius 1 is 1.40 bits per heavy atom. The Balaban J connectivity index is 2.94. The molecule has 1 aromatic carbocycles. The maximum atomic E-state index is 13.0. The van der Waals surface area contributed by atoms with E-state index in [1.165, 1.54) is 26.0 Å². The summed E-state index contributed by atoms with van der Waals surface area (Å²) in [5, 5.41) is 11.6. The second kappa shape index (κ2) is 3.88. The van der Waals surface area contributed by atoms with Crippen molar-refractivity contribution in [3.8, 4) is 0 Å². The molecule has 0 spiro atoms. The summed E-state index contributed by atoms with van der Waals surface area (Å²) in [5.74, 6) is -1.36. The molecule has 2 N–H and O–H groups in total. The minimum absolute atomic E-state index is 0.376. The Hall–Kier alpha value is -1.58. The van der Waals surface area contributed by atoms with Gasteiger partial charge in [0, 0.05) is 5.69 Å². The molecule has 0 heterocycles. The zero-order valence-electron chi connectivity index (χ0n) is 8.97. The molecule has 0 bridgehead atoms. The predicted molar refractivity (Wildman–Crippen MR) is 56.5 cm³/mol. The van der Waals surface area contributed by atoms with E-state index in [0.29, 0.717) is 5.69 Å². The van der Waals surface area contributed by atoms with Gasteiger partial charge in [0.2, 0.25) is 0 Å². The number of hydrogen-bond donors (Lipinski definition) is 2. The van der Waals surface area contributed by atoms with Crippen LogP contribution in [0.2, 0.25) is 0 Å². The number of carboxylic acid groups (broad SMARTS) is 1. The van der Waals surface area contributed by atoms with Crippen LogP contribution in [-0.2, 0) is 4.79 Å². The lowest BCUT2D eigenvalue weighted by Gasteiger charge is -2.22. The van der Waals surface area contributed by atoms with Crippen LogP contribution in [0, 0.1) is 12.7 Å². The Morgan fingerprint density at radius 3 is 2.47 bits per heavy atom. The van der Waals surface area contributed by atoms with E-state index in [2.05, 4.69) is 5.32 Å². The van der Waals surface area contributed by atoms with E-state index in [-0.39, 0.29) is 5.82 Å². The molecule has 0 aliphatic carbocycles. The van der Waals surface area contributed by atoms with Crippen LogP contribution in [0.25, 0.3) is 0 Å². The Kier molecular flexibility index (Phi) is 2.98. The summed E-state index contributed by atoms with van der Waals surface area (Å²) >= 11 is 0.